The summed E-state index contributed by atoms with van der Waals surface area (Å²) in [6, 6.07) is 10.00. The number of aromatic nitrogens is 2. The second kappa shape index (κ2) is 8.99. The molecule has 1 aromatic carbocycles. The molecule has 1 spiro atoms. The molecule has 3 aliphatic rings. The first-order valence-corrected chi connectivity index (χ1v) is 12.6. The maximum Gasteiger partial charge on any atom is 0.451 e. The van der Waals surface area contributed by atoms with Gasteiger partial charge in [-0.3, -0.25) is 4.90 Å². The number of halogens is 3. The Morgan fingerprint density at radius 3 is 2.19 bits per heavy atom. The molecule has 2 saturated carbocycles. The largest absolute Gasteiger partial charge is 0.451 e. The first-order valence-electron chi connectivity index (χ1n) is 12.6. The van der Waals surface area contributed by atoms with E-state index in [0.29, 0.717) is 32.2 Å². The minimum Gasteiger partial charge on any atom is -0.388 e. The fourth-order valence-electron chi connectivity index (χ4n) is 6.11. The van der Waals surface area contributed by atoms with Crippen LogP contribution in [0.25, 0.3) is 0 Å². The summed E-state index contributed by atoms with van der Waals surface area (Å²) in [6.07, 6.45) is 2.68. The van der Waals surface area contributed by atoms with Crippen LogP contribution in [0.1, 0.15) is 63.3 Å². The Morgan fingerprint density at radius 1 is 1.03 bits per heavy atom. The Labute approximate surface area is 208 Å². The van der Waals surface area contributed by atoms with Gasteiger partial charge in [0, 0.05) is 5.54 Å². The molecule has 2 heterocycles. The number of rotatable bonds is 6. The summed E-state index contributed by atoms with van der Waals surface area (Å²) in [5.74, 6) is -1.23. The van der Waals surface area contributed by atoms with Crippen LogP contribution in [0.3, 0.4) is 0 Å². The average molecular weight is 504 g/mol. The van der Waals surface area contributed by atoms with E-state index in [4.69, 9.17) is 0 Å². The molecule has 5 rings (SSSR count). The van der Waals surface area contributed by atoms with Gasteiger partial charge in [-0.25, -0.2) is 14.8 Å². The van der Waals surface area contributed by atoms with E-state index in [0.717, 1.165) is 38.2 Å². The minimum absolute atomic E-state index is 0.214. The van der Waals surface area contributed by atoms with Crippen molar-refractivity contribution in [3.8, 4) is 0 Å². The standard InChI is InChI=1S/C26H32F3N5O2/c1-2-32-25(19-7-4-3-5-8-19)13-11-23(12-14-25)17-33(20-15-30-21(31-16-20)26(27,28)29)22(35)34(23)18-24(36)9-6-10-24/h3-5,7-8,15-16,32,36H,2,6,9-14,17-18H2,1H3. The van der Waals surface area contributed by atoms with Crippen LogP contribution in [-0.2, 0) is 11.7 Å². The number of anilines is 1. The van der Waals surface area contributed by atoms with Crippen molar-refractivity contribution < 1.29 is 23.1 Å². The number of nitrogens with one attached hydrogen (secondary N) is 1. The number of nitrogens with zero attached hydrogens (tertiary/aromatic N) is 4. The summed E-state index contributed by atoms with van der Waals surface area (Å²) < 4.78 is 38.9. The van der Waals surface area contributed by atoms with Gasteiger partial charge in [-0.15, -0.1) is 0 Å². The van der Waals surface area contributed by atoms with Crippen LogP contribution in [0, 0.1) is 0 Å². The van der Waals surface area contributed by atoms with E-state index in [1.54, 1.807) is 4.90 Å². The topological polar surface area (TPSA) is 81.6 Å². The number of β-amino-alcohol motifs (C(OH)–C–C–N with tert-alkyl or cyclic N) is 1. The molecule has 194 valence electrons. The second-order valence-electron chi connectivity index (χ2n) is 10.5. The van der Waals surface area contributed by atoms with Crippen molar-refractivity contribution in [1.82, 2.24) is 20.2 Å². The third-order valence-electron chi connectivity index (χ3n) is 8.30. The Kier molecular flexibility index (Phi) is 6.23. The molecular formula is C26H32F3N5O2. The monoisotopic (exact) mass is 503 g/mol. The van der Waals surface area contributed by atoms with Gasteiger partial charge in [-0.2, -0.15) is 13.2 Å². The van der Waals surface area contributed by atoms with E-state index in [9.17, 15) is 23.1 Å². The number of aliphatic hydroxyl groups is 1. The van der Waals surface area contributed by atoms with Crippen molar-refractivity contribution in [1.29, 1.82) is 0 Å². The molecule has 7 nitrogen and oxygen atoms in total. The van der Waals surface area contributed by atoms with E-state index in [-0.39, 0.29) is 23.8 Å². The number of carbonyl (C=O) groups excluding carboxylic acids is 1. The van der Waals surface area contributed by atoms with Crippen LogP contribution in [0.4, 0.5) is 23.7 Å². The molecule has 0 bridgehead atoms. The first kappa shape index (κ1) is 25.0. The lowest BCUT2D eigenvalue weighted by Crippen LogP contribution is -2.59. The Hall–Kier alpha value is -2.72. The summed E-state index contributed by atoms with van der Waals surface area (Å²) >= 11 is 0. The number of hydrogen-bond donors (Lipinski definition) is 2. The molecule has 2 aliphatic carbocycles. The molecule has 2 N–H and O–H groups in total. The molecule has 0 atom stereocenters. The number of carbonyl (C=O) groups is 1. The molecule has 0 radical (unpaired) electrons. The van der Waals surface area contributed by atoms with Crippen molar-refractivity contribution >= 4 is 11.7 Å². The smallest absolute Gasteiger partial charge is 0.388 e. The summed E-state index contributed by atoms with van der Waals surface area (Å²) in [5, 5.41) is 14.7. The highest BCUT2D eigenvalue weighted by atomic mass is 19.4. The first-order chi connectivity index (χ1) is 17.1. The highest BCUT2D eigenvalue weighted by Gasteiger charge is 2.56. The van der Waals surface area contributed by atoms with E-state index in [1.165, 1.54) is 10.5 Å². The van der Waals surface area contributed by atoms with Crippen LogP contribution >= 0.6 is 0 Å². The number of urea groups is 1. The molecule has 2 aromatic rings. The minimum atomic E-state index is -4.65. The molecule has 36 heavy (non-hydrogen) atoms. The van der Waals surface area contributed by atoms with Crippen molar-refractivity contribution in [3.05, 3.63) is 54.1 Å². The number of benzene rings is 1. The van der Waals surface area contributed by atoms with Crippen LogP contribution in [-0.4, -0.2) is 56.8 Å². The number of hydrogen-bond acceptors (Lipinski definition) is 5. The predicted molar refractivity (Wildman–Crippen MR) is 128 cm³/mol. The lowest BCUT2D eigenvalue weighted by molar-refractivity contribution is -0.144. The summed E-state index contributed by atoms with van der Waals surface area (Å²) in [6.45, 7) is 3.44. The normalized spacial score (nSPS) is 28.0. The van der Waals surface area contributed by atoms with Crippen LogP contribution in [0.15, 0.2) is 42.7 Å². The maximum absolute atomic E-state index is 13.7. The molecule has 1 aromatic heterocycles. The lowest BCUT2D eigenvalue weighted by atomic mass is 9.68. The quantitative estimate of drug-likeness (QED) is 0.608. The molecule has 1 aliphatic heterocycles. The Balaban J connectivity index is 1.44. The van der Waals surface area contributed by atoms with Gasteiger partial charge in [0.1, 0.15) is 0 Å². The fourth-order valence-corrected chi connectivity index (χ4v) is 6.11. The van der Waals surface area contributed by atoms with Gasteiger partial charge in [0.2, 0.25) is 5.82 Å². The summed E-state index contributed by atoms with van der Waals surface area (Å²) in [5.41, 5.74) is -0.205. The zero-order chi connectivity index (χ0) is 25.6. The Bertz CT molecular complexity index is 1080. The fraction of sp³-hybridized carbons (Fsp3) is 0.577. The maximum atomic E-state index is 13.7. The predicted octanol–water partition coefficient (Wildman–Crippen LogP) is 4.47. The van der Waals surface area contributed by atoms with Crippen LogP contribution < -0.4 is 10.2 Å². The van der Waals surface area contributed by atoms with Crippen LogP contribution in [0.5, 0.6) is 0 Å². The van der Waals surface area contributed by atoms with Gasteiger partial charge in [0.05, 0.1) is 42.3 Å². The van der Waals surface area contributed by atoms with Crippen LogP contribution in [0.2, 0.25) is 0 Å². The van der Waals surface area contributed by atoms with Crippen molar-refractivity contribution in [2.75, 3.05) is 24.5 Å². The molecule has 2 amide bonds. The van der Waals surface area contributed by atoms with Crippen molar-refractivity contribution in [2.24, 2.45) is 0 Å². The highest BCUT2D eigenvalue weighted by molar-refractivity contribution is 5.95. The summed E-state index contributed by atoms with van der Waals surface area (Å²) in [4.78, 5) is 23.9. The Morgan fingerprint density at radius 2 is 1.67 bits per heavy atom. The van der Waals surface area contributed by atoms with Gasteiger partial charge in [-0.1, -0.05) is 37.3 Å². The van der Waals surface area contributed by atoms with Crippen molar-refractivity contribution in [3.63, 3.8) is 0 Å². The SMILES string of the molecule is CCNC1(c2ccccc2)CCC2(CC1)CN(c1cnc(C(F)(F)F)nc1)C(=O)N2CC1(O)CCC1. The zero-order valence-corrected chi connectivity index (χ0v) is 20.4. The number of amides is 2. The van der Waals surface area contributed by atoms with Gasteiger partial charge in [0.25, 0.3) is 0 Å². The number of alkyl halides is 3. The molecule has 0 unspecified atom stereocenters. The lowest BCUT2D eigenvalue weighted by Gasteiger charge is -2.50. The van der Waals surface area contributed by atoms with Gasteiger partial charge < -0.3 is 15.3 Å². The van der Waals surface area contributed by atoms with Gasteiger partial charge >= 0.3 is 12.2 Å². The molecular weight excluding hydrogens is 471 g/mol. The van der Waals surface area contributed by atoms with Crippen molar-refractivity contribution in [2.45, 2.75) is 74.7 Å². The second-order valence-corrected chi connectivity index (χ2v) is 10.5. The zero-order valence-electron chi connectivity index (χ0n) is 20.4. The van der Waals surface area contributed by atoms with E-state index in [1.807, 2.05) is 18.2 Å². The third-order valence-corrected chi connectivity index (χ3v) is 8.30. The van der Waals surface area contributed by atoms with E-state index in [2.05, 4.69) is 34.3 Å². The highest BCUT2D eigenvalue weighted by Crippen LogP contribution is 2.49. The molecule has 3 fully saturated rings. The summed E-state index contributed by atoms with van der Waals surface area (Å²) in [7, 11) is 0. The van der Waals surface area contributed by atoms with Gasteiger partial charge in [0.15, 0.2) is 0 Å². The van der Waals surface area contributed by atoms with E-state index < -0.39 is 23.1 Å². The van der Waals surface area contributed by atoms with E-state index >= 15 is 0 Å². The molecule has 10 heteroatoms. The molecule has 1 saturated heterocycles. The van der Waals surface area contributed by atoms with Gasteiger partial charge in [-0.05, 0) is 57.1 Å². The third kappa shape index (κ3) is 4.34. The average Bonchev–Trinajstić information content (AvgIpc) is 3.11.